The molecule has 0 saturated heterocycles. The molecular weight excluding hydrogens is 426 g/mol. The topological polar surface area (TPSA) is 80.4 Å². The molecule has 5 nitrogen and oxygen atoms in total. The highest BCUT2D eigenvalue weighted by molar-refractivity contribution is 6.31. The largest absolute Gasteiger partial charge is 0.481 e. The minimum atomic E-state index is -0.865. The number of carbonyl (C=O) groups excluding carboxylic acids is 1. The van der Waals surface area contributed by atoms with Crippen molar-refractivity contribution in [3.63, 3.8) is 0 Å². The molecule has 0 amide bonds. The van der Waals surface area contributed by atoms with E-state index in [2.05, 4.69) is 19.0 Å². The summed E-state index contributed by atoms with van der Waals surface area (Å²) in [6, 6.07) is 5.69. The molecule has 2 aromatic rings. The zero-order valence-corrected chi connectivity index (χ0v) is 20.1. The Hall–Kier alpha value is -2.14. The maximum atomic E-state index is 12.9. The van der Waals surface area contributed by atoms with Gasteiger partial charge in [0.25, 0.3) is 0 Å². The van der Waals surface area contributed by atoms with E-state index in [-0.39, 0.29) is 31.0 Å². The lowest BCUT2D eigenvalue weighted by molar-refractivity contribution is -0.137. The van der Waals surface area contributed by atoms with E-state index in [9.17, 15) is 14.7 Å². The fourth-order valence-corrected chi connectivity index (χ4v) is 4.98. The summed E-state index contributed by atoms with van der Waals surface area (Å²) >= 11 is 6.32. The Kier molecular flexibility index (Phi) is 8.52. The van der Waals surface area contributed by atoms with E-state index in [0.717, 1.165) is 60.2 Å². The van der Waals surface area contributed by atoms with Crippen LogP contribution in [0.25, 0.3) is 0 Å². The molecule has 2 atom stereocenters. The van der Waals surface area contributed by atoms with Crippen molar-refractivity contribution in [3.05, 3.63) is 51.4 Å². The Labute approximate surface area is 195 Å². The number of nitrogens with zero attached hydrogens (tertiary/aromatic N) is 1. The first kappa shape index (κ1) is 24.5. The Morgan fingerprint density at radius 2 is 2.06 bits per heavy atom. The van der Waals surface area contributed by atoms with E-state index < -0.39 is 5.97 Å². The summed E-state index contributed by atoms with van der Waals surface area (Å²) in [6.07, 6.45) is 6.12. The molecule has 0 aliphatic heterocycles. The van der Waals surface area contributed by atoms with E-state index in [0.29, 0.717) is 23.3 Å². The van der Waals surface area contributed by atoms with Crippen molar-refractivity contribution in [2.75, 3.05) is 0 Å². The summed E-state index contributed by atoms with van der Waals surface area (Å²) in [5, 5.41) is 14.2. The highest BCUT2D eigenvalue weighted by Gasteiger charge is 2.32. The second-order valence-corrected chi connectivity index (χ2v) is 10.0. The van der Waals surface area contributed by atoms with E-state index in [4.69, 9.17) is 16.1 Å². The second-order valence-electron chi connectivity index (χ2n) is 9.61. The molecule has 0 spiro atoms. The van der Waals surface area contributed by atoms with E-state index >= 15 is 0 Å². The van der Waals surface area contributed by atoms with Crippen LogP contribution in [-0.2, 0) is 22.4 Å². The highest BCUT2D eigenvalue weighted by Crippen LogP contribution is 2.40. The van der Waals surface area contributed by atoms with Crippen LogP contribution in [0.5, 0.6) is 0 Å². The van der Waals surface area contributed by atoms with Gasteiger partial charge in [0.05, 0.1) is 5.69 Å². The molecule has 32 heavy (non-hydrogen) atoms. The van der Waals surface area contributed by atoms with Gasteiger partial charge in [0, 0.05) is 41.7 Å². The average Bonchev–Trinajstić information content (AvgIpc) is 3.16. The van der Waals surface area contributed by atoms with Gasteiger partial charge >= 0.3 is 5.97 Å². The lowest BCUT2D eigenvalue weighted by atomic mass is 9.80. The summed E-state index contributed by atoms with van der Waals surface area (Å²) in [5.41, 5.74) is 3.75. The van der Waals surface area contributed by atoms with Gasteiger partial charge < -0.3 is 9.63 Å². The van der Waals surface area contributed by atoms with Gasteiger partial charge in [0.2, 0.25) is 0 Å². The maximum Gasteiger partial charge on any atom is 0.303 e. The zero-order chi connectivity index (χ0) is 23.3. The van der Waals surface area contributed by atoms with Gasteiger partial charge in [-0.1, -0.05) is 49.2 Å². The fourth-order valence-electron chi connectivity index (χ4n) is 4.68. The summed E-state index contributed by atoms with van der Waals surface area (Å²) < 4.78 is 5.82. The molecule has 3 rings (SSSR count). The van der Waals surface area contributed by atoms with Gasteiger partial charge in [0.15, 0.2) is 0 Å². The van der Waals surface area contributed by atoms with Gasteiger partial charge in [-0.25, -0.2) is 0 Å². The number of hydrogen-bond donors (Lipinski definition) is 1. The maximum absolute atomic E-state index is 12.9. The molecule has 1 aromatic heterocycles. The van der Waals surface area contributed by atoms with Crippen LogP contribution in [0.3, 0.4) is 0 Å². The third-order valence-electron chi connectivity index (χ3n) is 6.46. The van der Waals surface area contributed by atoms with Gasteiger partial charge in [0.1, 0.15) is 11.5 Å². The summed E-state index contributed by atoms with van der Waals surface area (Å²) in [5.74, 6) is 0.883. The van der Waals surface area contributed by atoms with Crippen LogP contribution in [0.15, 0.2) is 22.7 Å². The quantitative estimate of drug-likeness (QED) is 0.407. The molecule has 0 saturated carbocycles. The normalized spacial score (nSPS) is 16.7. The van der Waals surface area contributed by atoms with Crippen molar-refractivity contribution in [2.24, 2.45) is 5.92 Å². The van der Waals surface area contributed by atoms with Crippen LogP contribution in [-0.4, -0.2) is 22.0 Å². The van der Waals surface area contributed by atoms with Gasteiger partial charge in [-0.15, -0.1) is 0 Å². The molecule has 1 aromatic carbocycles. The number of hydrogen-bond acceptors (Lipinski definition) is 4. The van der Waals surface area contributed by atoms with Crippen molar-refractivity contribution in [1.29, 1.82) is 0 Å². The minimum absolute atomic E-state index is 0.00163. The molecule has 1 aliphatic rings. The molecule has 0 radical (unpaired) electrons. The summed E-state index contributed by atoms with van der Waals surface area (Å²) in [7, 11) is 0. The molecular formula is C26H34ClNO4. The number of aliphatic carboxylic acids is 1. The number of carbonyl (C=O) groups is 2. The third kappa shape index (κ3) is 6.44. The number of ketones is 1. The first-order valence-corrected chi connectivity index (χ1v) is 12.1. The molecule has 174 valence electrons. The Balaban J connectivity index is 1.78. The molecule has 0 fully saturated rings. The number of carboxylic acids is 1. The lowest BCUT2D eigenvalue weighted by Crippen LogP contribution is -2.15. The van der Waals surface area contributed by atoms with Gasteiger partial charge in [-0.3, -0.25) is 9.59 Å². The summed E-state index contributed by atoms with van der Waals surface area (Å²) in [6.45, 7) is 6.41. The molecule has 6 heteroatoms. The second kappa shape index (κ2) is 11.1. The zero-order valence-electron chi connectivity index (χ0n) is 19.3. The predicted molar refractivity (Wildman–Crippen MR) is 125 cm³/mol. The van der Waals surface area contributed by atoms with Crippen molar-refractivity contribution >= 4 is 23.4 Å². The highest BCUT2D eigenvalue weighted by atomic mass is 35.5. The molecule has 0 bridgehead atoms. The van der Waals surface area contributed by atoms with Crippen molar-refractivity contribution < 1.29 is 19.2 Å². The smallest absolute Gasteiger partial charge is 0.303 e. The first-order chi connectivity index (χ1) is 15.2. The van der Waals surface area contributed by atoms with Crippen LogP contribution in [0, 0.1) is 12.8 Å². The number of benzene rings is 1. The number of aryl methyl sites for hydroxylation is 1. The average molecular weight is 460 g/mol. The molecule has 1 aliphatic carbocycles. The Bertz CT molecular complexity index is 949. The number of fused-ring (bicyclic) bond motifs is 1. The van der Waals surface area contributed by atoms with Gasteiger partial charge in [-0.05, 0) is 62.1 Å². The Morgan fingerprint density at radius 3 is 2.75 bits per heavy atom. The fraction of sp³-hybridized carbons (Fsp3) is 0.577. The van der Waals surface area contributed by atoms with Crippen molar-refractivity contribution in [1.82, 2.24) is 5.16 Å². The monoisotopic (exact) mass is 459 g/mol. The van der Waals surface area contributed by atoms with E-state index in [1.54, 1.807) is 0 Å². The van der Waals surface area contributed by atoms with Crippen LogP contribution < -0.4 is 0 Å². The first-order valence-electron chi connectivity index (χ1n) is 11.7. The molecule has 1 N–H and O–H groups in total. The molecule has 1 heterocycles. The van der Waals surface area contributed by atoms with Crippen LogP contribution in [0.2, 0.25) is 5.02 Å². The van der Waals surface area contributed by atoms with E-state index in [1.807, 2.05) is 25.1 Å². The predicted octanol–water partition coefficient (Wildman–Crippen LogP) is 6.64. The Morgan fingerprint density at radius 1 is 1.28 bits per heavy atom. The number of aromatic nitrogens is 1. The van der Waals surface area contributed by atoms with E-state index in [1.165, 1.54) is 0 Å². The summed E-state index contributed by atoms with van der Waals surface area (Å²) in [4.78, 5) is 24.2. The van der Waals surface area contributed by atoms with Crippen LogP contribution in [0.4, 0.5) is 0 Å². The minimum Gasteiger partial charge on any atom is -0.481 e. The van der Waals surface area contributed by atoms with Crippen molar-refractivity contribution in [3.8, 4) is 0 Å². The number of carboxylic acid groups (broad SMARTS) is 1. The standard InChI is InChI=1S/C26H34ClNO4/c1-16(2)7-9-18-5-4-6-22-25(28-32-26(18)22)20(11-12-24(30)31)15-21(29)14-19-10-8-17(3)13-23(19)27/h8,10,13,16,18,20H,4-7,9,11-12,14-15H2,1-3H3,(H,30,31)/t18?,20-/m0/s1. The SMILES string of the molecule is Cc1ccc(CC(=O)C[C@H](CCC(=O)O)c2noc3c2CCCC3CCC(C)C)c(Cl)c1. The lowest BCUT2D eigenvalue weighted by Gasteiger charge is -2.22. The number of Topliss-reactive ketones (excluding diaryl/α,β-unsaturated/α-hetero) is 1. The van der Waals surface area contributed by atoms with Gasteiger partial charge in [-0.2, -0.15) is 0 Å². The van der Waals surface area contributed by atoms with Crippen molar-refractivity contribution in [2.45, 2.75) is 90.4 Å². The number of rotatable bonds is 11. The third-order valence-corrected chi connectivity index (χ3v) is 6.81. The van der Waals surface area contributed by atoms with Crippen LogP contribution in [0.1, 0.15) is 98.8 Å². The number of halogens is 1. The van der Waals surface area contributed by atoms with Crippen LogP contribution >= 0.6 is 11.6 Å². The molecule has 1 unspecified atom stereocenters.